The molecule has 0 saturated carbocycles. The lowest BCUT2D eigenvalue weighted by molar-refractivity contribution is -0.127. The normalized spacial score (nSPS) is 16.3. The molecule has 9 rings (SSSR count). The van der Waals surface area contributed by atoms with Crippen LogP contribution in [-0.4, -0.2) is 121 Å². The minimum atomic E-state index is -0.966. The van der Waals surface area contributed by atoms with Crippen LogP contribution in [0, 0.1) is 11.8 Å². The Labute approximate surface area is 486 Å². The molecule has 4 aliphatic heterocycles. The van der Waals surface area contributed by atoms with Gasteiger partial charge in [0.2, 0.25) is 11.8 Å². The summed E-state index contributed by atoms with van der Waals surface area (Å²) in [5.74, 6) is -1.55. The number of methoxy groups -OCH3 is 3. The third kappa shape index (κ3) is 13.2. The number of pyridine rings is 1. The molecule has 5 heterocycles. The van der Waals surface area contributed by atoms with Crippen LogP contribution in [0.3, 0.4) is 0 Å². The summed E-state index contributed by atoms with van der Waals surface area (Å²) in [5, 5.41) is 8.14. The van der Waals surface area contributed by atoms with Crippen LogP contribution in [0.25, 0.3) is 11.1 Å². The van der Waals surface area contributed by atoms with Crippen molar-refractivity contribution < 1.29 is 57.2 Å². The molecule has 0 bridgehead atoms. The highest BCUT2D eigenvalue weighted by molar-refractivity contribution is 6.07. The van der Waals surface area contributed by atoms with Crippen molar-refractivity contribution in [3.63, 3.8) is 0 Å². The maximum absolute atomic E-state index is 14.2. The van der Waals surface area contributed by atoms with Crippen molar-refractivity contribution in [2.24, 2.45) is 21.8 Å². The van der Waals surface area contributed by atoms with Gasteiger partial charge in [0, 0.05) is 79.8 Å². The number of hydrogen-bond acceptors (Lipinski definition) is 15. The van der Waals surface area contributed by atoms with E-state index in [1.807, 2.05) is 42.6 Å². The fourth-order valence-corrected chi connectivity index (χ4v) is 10.1. The van der Waals surface area contributed by atoms with Crippen LogP contribution in [0.4, 0.5) is 22.9 Å². The minimum Gasteiger partial charge on any atom is -0.497 e. The number of carbonyl (C=O) groups is 7. The summed E-state index contributed by atoms with van der Waals surface area (Å²) >= 11 is 0. The number of Topliss-reactive ketones (excluding diaryl/α,β-unsaturated/α-hetero) is 1. The molecule has 4 atom stereocenters. The van der Waals surface area contributed by atoms with Gasteiger partial charge in [0.05, 0.1) is 87.3 Å². The molecular weight excluding hydrogens is 1070 g/mol. The zero-order valence-electron chi connectivity index (χ0n) is 47.4. The van der Waals surface area contributed by atoms with Crippen LogP contribution in [0.1, 0.15) is 94.3 Å². The van der Waals surface area contributed by atoms with Crippen molar-refractivity contribution in [3.8, 4) is 28.7 Å². The van der Waals surface area contributed by atoms with Gasteiger partial charge in [-0.3, -0.25) is 43.5 Å². The molecule has 5 amide bonds. The number of aromatic nitrogens is 1. The van der Waals surface area contributed by atoms with Gasteiger partial charge in [0.25, 0.3) is 17.7 Å². The summed E-state index contributed by atoms with van der Waals surface area (Å²) in [6.07, 6.45) is 10.6. The molecule has 0 fully saturated rings. The summed E-state index contributed by atoms with van der Waals surface area (Å²) in [6.45, 7) is 12.5. The molecular formula is C64H64N8O12. The molecule has 4 aromatic carbocycles. The van der Waals surface area contributed by atoms with Crippen molar-refractivity contribution in [1.29, 1.82) is 0 Å². The van der Waals surface area contributed by atoms with Crippen LogP contribution < -0.4 is 39.6 Å². The Morgan fingerprint density at radius 2 is 1.23 bits per heavy atom. The number of benzene rings is 4. The van der Waals surface area contributed by atoms with Crippen molar-refractivity contribution >= 4 is 87.6 Å². The predicted molar refractivity (Wildman–Crippen MR) is 318 cm³/mol. The minimum absolute atomic E-state index is 0.0199. The maximum atomic E-state index is 14.2. The van der Waals surface area contributed by atoms with E-state index in [1.165, 1.54) is 26.4 Å². The van der Waals surface area contributed by atoms with Gasteiger partial charge in [-0.2, -0.15) is 0 Å². The number of allylic oxidation sites excluding steroid dienone is 1. The highest BCUT2D eigenvalue weighted by Gasteiger charge is 2.36. The number of carbonyl (C=O) groups excluding carboxylic acids is 7. The first kappa shape index (κ1) is 58.7. The standard InChI is InChI=1S/C64H64N8O12/c1-9-47(73)27-44-23-40(26-58(67-44)69-59(75)10-2)62(77)70-60(36(3)4)53(74)22-37(5)61(76)68-43-16-12-38(13-17-43)41-24-45-32-65-51-30-56(54(81-7)28-49(51)63(78)71(45)34-41)83-20-11-21-84-57-31-52-50(29-55(57)82-8)64(79)72-35-42(25-46(72)33-66-52)39-14-18-48(80-6)19-15-39/h9-10,12-19,23,26,28-37,45-46,60H,1-2,11,20-22,24-25,27H2,3-8H3,(H,68,76)(H,70,77)(H,67,69,75)/t37-,45+,46+,60+/m1/s1. The van der Waals surface area contributed by atoms with Gasteiger partial charge in [-0.05, 0) is 88.9 Å². The van der Waals surface area contributed by atoms with Gasteiger partial charge in [-0.25, -0.2) is 4.98 Å². The fraction of sp³-hybridized carbons (Fsp3) is 0.281. The van der Waals surface area contributed by atoms with Gasteiger partial charge < -0.3 is 49.4 Å². The van der Waals surface area contributed by atoms with Crippen LogP contribution in [-0.2, 0) is 25.6 Å². The van der Waals surface area contributed by atoms with Crippen LogP contribution in [0.5, 0.6) is 28.7 Å². The van der Waals surface area contributed by atoms with Crippen molar-refractivity contribution in [3.05, 3.63) is 156 Å². The number of ether oxygens (including phenoxy) is 5. The summed E-state index contributed by atoms with van der Waals surface area (Å²) < 4.78 is 29.0. The Morgan fingerprint density at radius 3 is 1.73 bits per heavy atom. The maximum Gasteiger partial charge on any atom is 0.260 e. The Hall–Kier alpha value is -9.98. The number of nitrogens with zero attached hydrogens (tertiary/aromatic N) is 5. The average Bonchev–Trinajstić information content (AvgIpc) is 2.95. The van der Waals surface area contributed by atoms with Crippen LogP contribution >= 0.6 is 0 Å². The summed E-state index contributed by atoms with van der Waals surface area (Å²) in [5.41, 5.74) is 6.15. The van der Waals surface area contributed by atoms with E-state index in [1.54, 1.807) is 92.7 Å². The SMILES string of the molecule is C=CC(=O)Cc1cc(C(=O)N[C@H](C(=O)C[C@@H](C)C(=O)Nc2ccc(C3=CN4C(=O)c5cc(OC)c(OCCCOc6cc7c(cc6OC)C(=O)N6C=C(c8ccc(OC)cc8)C[C@H]6C=N7)cc5N=C[C@@H]4C3)cc2)C(C)C)cc(NC(=O)C=C)n1. The molecule has 0 unspecified atom stereocenters. The molecule has 0 radical (unpaired) electrons. The third-order valence-electron chi connectivity index (χ3n) is 14.6. The summed E-state index contributed by atoms with van der Waals surface area (Å²) in [6, 6.07) is 22.7. The number of nitrogens with one attached hydrogen (secondary N) is 3. The zero-order valence-corrected chi connectivity index (χ0v) is 47.4. The molecule has 432 valence electrons. The van der Waals surface area contributed by atoms with Gasteiger partial charge >= 0.3 is 0 Å². The second-order valence-electron chi connectivity index (χ2n) is 20.8. The summed E-state index contributed by atoms with van der Waals surface area (Å²) in [4.78, 5) is 110. The number of anilines is 2. The first-order valence-corrected chi connectivity index (χ1v) is 27.3. The molecule has 4 aliphatic rings. The van der Waals surface area contributed by atoms with Gasteiger partial charge in [0.1, 0.15) is 11.6 Å². The first-order chi connectivity index (χ1) is 40.5. The topological polar surface area (TPSA) is 246 Å². The van der Waals surface area contributed by atoms with E-state index < -0.39 is 29.7 Å². The van der Waals surface area contributed by atoms with Crippen LogP contribution in [0.2, 0.25) is 0 Å². The molecule has 5 aromatic rings. The molecule has 1 aromatic heterocycles. The number of fused-ring (bicyclic) bond motifs is 4. The second-order valence-corrected chi connectivity index (χ2v) is 20.8. The average molecular weight is 1140 g/mol. The number of hydrogen-bond donors (Lipinski definition) is 3. The van der Waals surface area contributed by atoms with Gasteiger partial charge in [0.15, 0.2) is 34.6 Å². The third-order valence-corrected chi connectivity index (χ3v) is 14.6. The molecule has 0 spiro atoms. The lowest BCUT2D eigenvalue weighted by Gasteiger charge is -2.23. The lowest BCUT2D eigenvalue weighted by Crippen LogP contribution is -2.45. The van der Waals surface area contributed by atoms with E-state index in [-0.39, 0.29) is 84.5 Å². The lowest BCUT2D eigenvalue weighted by atomic mass is 9.92. The van der Waals surface area contributed by atoms with Crippen molar-refractivity contribution in [2.45, 2.75) is 71.0 Å². The molecule has 84 heavy (non-hydrogen) atoms. The Balaban J connectivity index is 0.769. The quantitative estimate of drug-likeness (QED) is 0.0386. The number of aliphatic imine (C=N–C) groups is 2. The molecule has 20 heteroatoms. The molecule has 0 saturated heterocycles. The smallest absolute Gasteiger partial charge is 0.260 e. The fourth-order valence-electron chi connectivity index (χ4n) is 10.1. The zero-order chi connectivity index (χ0) is 59.8. The first-order valence-electron chi connectivity index (χ1n) is 27.3. The number of rotatable bonds is 24. The van der Waals surface area contributed by atoms with Gasteiger partial charge in [-0.15, -0.1) is 0 Å². The molecule has 0 aliphatic carbocycles. The number of ketones is 2. The van der Waals surface area contributed by atoms with E-state index in [0.29, 0.717) is 70.4 Å². The van der Waals surface area contributed by atoms with E-state index in [9.17, 15) is 33.6 Å². The van der Waals surface area contributed by atoms with E-state index in [4.69, 9.17) is 33.7 Å². The molecule has 3 N–H and O–H groups in total. The highest BCUT2D eigenvalue weighted by Crippen LogP contribution is 2.42. The Kier molecular flexibility index (Phi) is 18.1. The Bertz CT molecular complexity index is 3550. The second kappa shape index (κ2) is 25.9. The van der Waals surface area contributed by atoms with E-state index in [0.717, 1.165) is 40.2 Å². The predicted octanol–water partition coefficient (Wildman–Crippen LogP) is 9.31. The Morgan fingerprint density at radius 1 is 0.679 bits per heavy atom. The van der Waals surface area contributed by atoms with Gasteiger partial charge in [-0.1, -0.05) is 58.2 Å². The van der Waals surface area contributed by atoms with Crippen molar-refractivity contribution in [1.82, 2.24) is 20.1 Å². The number of amides is 5. The summed E-state index contributed by atoms with van der Waals surface area (Å²) in [7, 11) is 4.64. The largest absolute Gasteiger partial charge is 0.497 e. The van der Waals surface area contributed by atoms with E-state index >= 15 is 0 Å². The van der Waals surface area contributed by atoms with E-state index in [2.05, 4.69) is 34.1 Å². The monoisotopic (exact) mass is 1140 g/mol. The van der Waals surface area contributed by atoms with Crippen LogP contribution in [0.15, 0.2) is 133 Å². The highest BCUT2D eigenvalue weighted by atomic mass is 16.5. The molecule has 20 nitrogen and oxygen atoms in total. The van der Waals surface area contributed by atoms with Crippen molar-refractivity contribution in [2.75, 3.05) is 45.2 Å².